The molecule has 0 unspecified atom stereocenters. The van der Waals surface area contributed by atoms with Crippen LogP contribution in [0.3, 0.4) is 0 Å². The summed E-state index contributed by atoms with van der Waals surface area (Å²) in [4.78, 5) is 0. The van der Waals surface area contributed by atoms with Crippen LogP contribution in [0.4, 0.5) is 0 Å². The molecule has 0 N–H and O–H groups in total. The van der Waals surface area contributed by atoms with Gasteiger partial charge in [0.2, 0.25) is 0 Å². The zero-order valence-electron chi connectivity index (χ0n) is 40.1. The molecule has 0 radical (unpaired) electrons. The minimum Gasteiger partial charge on any atom is -0.457 e. The molecule has 8 aromatic carbocycles. The van der Waals surface area contributed by atoms with Crippen molar-refractivity contribution in [3.8, 4) is 56.0 Å². The minimum atomic E-state index is -2.53. The molecule has 0 fully saturated rings. The third-order valence-corrected chi connectivity index (χ3v) is 9.25. The summed E-state index contributed by atoms with van der Waals surface area (Å²) in [6.07, 6.45) is 0. The molecular weight excluding hydrogens is 581 g/mol. The molecule has 10 rings (SSSR count). The fraction of sp³-hybridized carbons (Fsp3) is 0.0213. The summed E-state index contributed by atoms with van der Waals surface area (Å²) in [5.41, 5.74) is -0.935. The fourth-order valence-electron chi connectivity index (χ4n) is 7.08. The second-order valence-corrected chi connectivity index (χ2v) is 11.7. The standard InChI is InChI=1S/C47H30O/c1-2-12-37-34(10-1)11-9-15-38(37)35-26-24-32(25-27-35)31-20-22-33(23-21-31)36-28-29-44-46(30-36)48-45-19-8-7-18-43(45)47(44)41-16-5-3-13-39(41)40-14-4-6-17-42(40)47/h1-30H/i3D,4D,5D,6D,7D,8D,13D,14D,16D,17D,18D,19D,28D,29D,30D. The van der Waals surface area contributed by atoms with Crippen molar-refractivity contribution in [2.75, 3.05) is 0 Å². The molecule has 1 aliphatic heterocycles. The molecule has 0 amide bonds. The van der Waals surface area contributed by atoms with Crippen molar-refractivity contribution in [3.05, 3.63) is 204 Å². The molecule has 1 heteroatoms. The first-order valence-corrected chi connectivity index (χ1v) is 15.4. The zero-order valence-corrected chi connectivity index (χ0v) is 25.1. The van der Waals surface area contributed by atoms with Crippen LogP contribution < -0.4 is 4.74 Å². The normalized spacial score (nSPS) is 17.7. The van der Waals surface area contributed by atoms with Gasteiger partial charge in [-0.2, -0.15) is 0 Å². The van der Waals surface area contributed by atoms with Crippen molar-refractivity contribution < 1.29 is 25.3 Å². The lowest BCUT2D eigenvalue weighted by atomic mass is 9.66. The van der Waals surface area contributed by atoms with Crippen LogP contribution in [0.5, 0.6) is 11.5 Å². The van der Waals surface area contributed by atoms with E-state index in [2.05, 4.69) is 24.3 Å². The molecule has 1 aliphatic carbocycles. The van der Waals surface area contributed by atoms with Gasteiger partial charge in [-0.25, -0.2) is 0 Å². The Bertz CT molecular complexity index is 3290. The highest BCUT2D eigenvalue weighted by atomic mass is 16.5. The Morgan fingerprint density at radius 3 is 1.65 bits per heavy atom. The van der Waals surface area contributed by atoms with E-state index in [9.17, 15) is 8.22 Å². The number of hydrogen-bond donors (Lipinski definition) is 0. The van der Waals surface area contributed by atoms with E-state index in [1.807, 2.05) is 42.5 Å². The molecule has 0 bridgehead atoms. The molecular formula is C47H30O. The van der Waals surface area contributed by atoms with Gasteiger partial charge in [0.1, 0.15) is 11.5 Å². The lowest BCUT2D eigenvalue weighted by Gasteiger charge is -2.39. The van der Waals surface area contributed by atoms with Gasteiger partial charge in [0.05, 0.1) is 26.0 Å². The van der Waals surface area contributed by atoms with E-state index in [4.69, 9.17) is 17.1 Å². The zero-order chi connectivity index (χ0) is 44.7. The van der Waals surface area contributed by atoms with Crippen LogP contribution in [0, 0.1) is 0 Å². The number of hydrogen-bond acceptors (Lipinski definition) is 1. The van der Waals surface area contributed by atoms with Crippen LogP contribution in [0.25, 0.3) is 55.3 Å². The highest BCUT2D eigenvalue weighted by Gasteiger charge is 2.50. The van der Waals surface area contributed by atoms with Gasteiger partial charge < -0.3 is 4.74 Å². The number of ether oxygens (including phenoxy) is 1. The predicted octanol–water partition coefficient (Wildman–Crippen LogP) is 12.3. The van der Waals surface area contributed by atoms with E-state index in [-0.39, 0.29) is 16.7 Å². The Kier molecular flexibility index (Phi) is 3.49. The molecule has 1 spiro atoms. The number of rotatable bonds is 3. The Balaban J connectivity index is 1.22. The van der Waals surface area contributed by atoms with Gasteiger partial charge in [0, 0.05) is 11.1 Å². The Morgan fingerprint density at radius 2 is 0.938 bits per heavy atom. The molecule has 1 heterocycles. The van der Waals surface area contributed by atoms with Crippen molar-refractivity contribution >= 4 is 10.8 Å². The lowest BCUT2D eigenvalue weighted by molar-refractivity contribution is 0.436. The topological polar surface area (TPSA) is 9.23 Å². The molecule has 0 atom stereocenters. The van der Waals surface area contributed by atoms with Crippen LogP contribution in [-0.2, 0) is 5.41 Å². The van der Waals surface area contributed by atoms with Crippen molar-refractivity contribution in [1.82, 2.24) is 0 Å². The van der Waals surface area contributed by atoms with E-state index in [0.717, 1.165) is 33.0 Å². The summed E-state index contributed by atoms with van der Waals surface area (Å²) >= 11 is 0. The molecule has 0 aromatic heterocycles. The van der Waals surface area contributed by atoms with Gasteiger partial charge in [-0.3, -0.25) is 0 Å². The average Bonchev–Trinajstić information content (AvgIpc) is 3.60. The smallest absolute Gasteiger partial charge is 0.132 e. The van der Waals surface area contributed by atoms with E-state index in [0.29, 0.717) is 5.56 Å². The van der Waals surface area contributed by atoms with E-state index in [1.165, 1.54) is 0 Å². The van der Waals surface area contributed by atoms with Crippen molar-refractivity contribution in [3.63, 3.8) is 0 Å². The molecule has 8 aromatic rings. The van der Waals surface area contributed by atoms with Gasteiger partial charge in [0.25, 0.3) is 0 Å². The molecule has 0 saturated heterocycles. The monoisotopic (exact) mass is 625 g/mol. The maximum absolute atomic E-state index is 9.73. The number of para-hydroxylation sites is 1. The molecule has 224 valence electrons. The highest BCUT2D eigenvalue weighted by Crippen LogP contribution is 2.62. The largest absolute Gasteiger partial charge is 0.457 e. The first-order chi connectivity index (χ1) is 30.0. The second-order valence-electron chi connectivity index (χ2n) is 11.7. The molecule has 0 saturated carbocycles. The quantitative estimate of drug-likeness (QED) is 0.190. The van der Waals surface area contributed by atoms with Crippen LogP contribution in [0.2, 0.25) is 0 Å². The minimum absolute atomic E-state index is 0.0839. The van der Waals surface area contributed by atoms with Crippen LogP contribution >= 0.6 is 0 Å². The number of benzene rings is 8. The van der Waals surface area contributed by atoms with E-state index in [1.54, 1.807) is 24.3 Å². The number of fused-ring (bicyclic) bond motifs is 10. The predicted molar refractivity (Wildman–Crippen MR) is 198 cm³/mol. The second kappa shape index (κ2) is 10.4. The van der Waals surface area contributed by atoms with Crippen molar-refractivity contribution in [1.29, 1.82) is 0 Å². The SMILES string of the molecule is [2H]c1c([2H])c([2H])c2c(c1[2H])Oc1c([2H])c(-c3ccc(-c4ccc(-c5cccc6ccccc56)cc4)cc3)c([2H])c([2H])c1C21c2c([2H])c([2H])c([2H])c([2H])c2-c2c([2H])c([2H])c([2H])c([2H])c21. The Labute approximate surface area is 301 Å². The van der Waals surface area contributed by atoms with Gasteiger partial charge in [-0.1, -0.05) is 170 Å². The lowest BCUT2D eigenvalue weighted by Crippen LogP contribution is -2.32. The summed E-state index contributed by atoms with van der Waals surface area (Å²) in [5, 5.41) is 2.25. The Hall–Kier alpha value is -6.18. The first kappa shape index (κ1) is 16.1. The fourth-order valence-corrected chi connectivity index (χ4v) is 7.08. The highest BCUT2D eigenvalue weighted by molar-refractivity contribution is 5.97. The maximum atomic E-state index is 9.73. The summed E-state index contributed by atoms with van der Waals surface area (Å²) in [7, 11) is 0. The average molecular weight is 626 g/mol. The van der Waals surface area contributed by atoms with Gasteiger partial charge in [-0.05, 0) is 78.5 Å². The van der Waals surface area contributed by atoms with Crippen LogP contribution in [0.15, 0.2) is 182 Å². The van der Waals surface area contributed by atoms with Gasteiger partial charge >= 0.3 is 0 Å². The van der Waals surface area contributed by atoms with Crippen LogP contribution in [0.1, 0.15) is 42.8 Å². The molecule has 1 nitrogen and oxygen atoms in total. The van der Waals surface area contributed by atoms with Crippen molar-refractivity contribution in [2.45, 2.75) is 5.41 Å². The third-order valence-electron chi connectivity index (χ3n) is 9.25. The summed E-state index contributed by atoms with van der Waals surface area (Å²) < 4.78 is 142. The van der Waals surface area contributed by atoms with Crippen LogP contribution in [-0.4, -0.2) is 0 Å². The molecule has 2 aliphatic rings. The Morgan fingerprint density at radius 1 is 0.396 bits per heavy atom. The summed E-state index contributed by atoms with van der Waals surface area (Å²) in [6, 6.07) is 18.7. The van der Waals surface area contributed by atoms with Gasteiger partial charge in [0.15, 0.2) is 0 Å². The summed E-state index contributed by atoms with van der Waals surface area (Å²) in [6.45, 7) is 0. The first-order valence-electron chi connectivity index (χ1n) is 22.9. The third kappa shape index (κ3) is 3.85. The molecule has 48 heavy (non-hydrogen) atoms. The maximum Gasteiger partial charge on any atom is 0.132 e. The summed E-state index contributed by atoms with van der Waals surface area (Å²) in [5.74, 6) is -1.04. The van der Waals surface area contributed by atoms with E-state index >= 15 is 0 Å². The van der Waals surface area contributed by atoms with E-state index < -0.39 is 130 Å². The van der Waals surface area contributed by atoms with Gasteiger partial charge in [-0.15, -0.1) is 0 Å². The van der Waals surface area contributed by atoms with Crippen molar-refractivity contribution in [2.24, 2.45) is 0 Å².